The molecular formula is C14H18N2O4. The Bertz CT molecular complexity index is 530. The van der Waals surface area contributed by atoms with E-state index in [0.29, 0.717) is 17.7 Å². The maximum Gasteiger partial charge on any atom is 0.272 e. The van der Waals surface area contributed by atoms with Crippen molar-refractivity contribution in [1.82, 2.24) is 4.90 Å². The minimum atomic E-state index is -0.435. The fourth-order valence-electron chi connectivity index (χ4n) is 2.68. The summed E-state index contributed by atoms with van der Waals surface area (Å²) in [5, 5.41) is 20.1. The van der Waals surface area contributed by atoms with Crippen LogP contribution in [0.25, 0.3) is 0 Å². The average molecular weight is 278 g/mol. The first-order valence-corrected chi connectivity index (χ1v) is 6.67. The molecule has 1 aliphatic rings. The molecule has 1 saturated heterocycles. The average Bonchev–Trinajstić information content (AvgIpc) is 2.89. The highest BCUT2D eigenvalue weighted by Crippen LogP contribution is 2.23. The molecule has 0 saturated carbocycles. The highest BCUT2D eigenvalue weighted by atomic mass is 16.6. The summed E-state index contributed by atoms with van der Waals surface area (Å²) in [6, 6.07) is 4.67. The van der Waals surface area contributed by atoms with E-state index in [4.69, 9.17) is 0 Å². The van der Waals surface area contributed by atoms with Crippen molar-refractivity contribution in [3.8, 4) is 0 Å². The van der Waals surface area contributed by atoms with Crippen molar-refractivity contribution in [2.24, 2.45) is 0 Å². The van der Waals surface area contributed by atoms with E-state index in [1.165, 1.54) is 6.07 Å². The third-order valence-corrected chi connectivity index (χ3v) is 3.86. The summed E-state index contributed by atoms with van der Waals surface area (Å²) in [6.07, 6.45) is 1.85. The van der Waals surface area contributed by atoms with E-state index >= 15 is 0 Å². The molecule has 0 aliphatic carbocycles. The monoisotopic (exact) mass is 278 g/mol. The molecule has 6 nitrogen and oxygen atoms in total. The van der Waals surface area contributed by atoms with Gasteiger partial charge in [-0.3, -0.25) is 14.9 Å². The van der Waals surface area contributed by atoms with Gasteiger partial charge in [-0.2, -0.15) is 0 Å². The quantitative estimate of drug-likeness (QED) is 0.667. The van der Waals surface area contributed by atoms with E-state index in [9.17, 15) is 20.0 Å². The molecule has 1 amide bonds. The molecule has 1 atom stereocenters. The van der Waals surface area contributed by atoms with Crippen LogP contribution in [-0.4, -0.2) is 40.0 Å². The van der Waals surface area contributed by atoms with Gasteiger partial charge >= 0.3 is 0 Å². The number of hydrogen-bond acceptors (Lipinski definition) is 4. The number of nitrogens with zero attached hydrogens (tertiary/aromatic N) is 2. The largest absolute Gasteiger partial charge is 0.394 e. The van der Waals surface area contributed by atoms with Gasteiger partial charge in [0, 0.05) is 18.2 Å². The fraction of sp³-hybridized carbons (Fsp3) is 0.500. The zero-order valence-corrected chi connectivity index (χ0v) is 11.4. The molecule has 1 unspecified atom stereocenters. The Morgan fingerprint density at radius 3 is 2.95 bits per heavy atom. The first-order chi connectivity index (χ1) is 9.54. The number of likely N-dealkylation sites (tertiary alicyclic amines) is 1. The number of nitro groups is 1. The van der Waals surface area contributed by atoms with E-state index < -0.39 is 4.92 Å². The smallest absolute Gasteiger partial charge is 0.272 e. The van der Waals surface area contributed by atoms with Gasteiger partial charge in [0.1, 0.15) is 0 Å². The summed E-state index contributed by atoms with van der Waals surface area (Å²) in [7, 11) is 0. The third kappa shape index (κ3) is 2.80. The van der Waals surface area contributed by atoms with Crippen molar-refractivity contribution in [2.45, 2.75) is 32.2 Å². The second-order valence-electron chi connectivity index (χ2n) is 5.06. The summed E-state index contributed by atoms with van der Waals surface area (Å²) < 4.78 is 0. The lowest BCUT2D eigenvalue weighted by Crippen LogP contribution is -2.38. The van der Waals surface area contributed by atoms with Crippen molar-refractivity contribution >= 4 is 11.6 Å². The van der Waals surface area contributed by atoms with Gasteiger partial charge in [-0.1, -0.05) is 12.1 Å². The maximum atomic E-state index is 12.3. The van der Waals surface area contributed by atoms with Gasteiger partial charge in [0.2, 0.25) is 5.91 Å². The summed E-state index contributed by atoms with van der Waals surface area (Å²) >= 11 is 0. The zero-order valence-electron chi connectivity index (χ0n) is 11.4. The van der Waals surface area contributed by atoms with Crippen molar-refractivity contribution < 1.29 is 14.8 Å². The Morgan fingerprint density at radius 1 is 1.55 bits per heavy atom. The predicted octanol–water partition coefficient (Wildman–Crippen LogP) is 1.43. The molecule has 1 N–H and O–H groups in total. The van der Waals surface area contributed by atoms with E-state index in [0.717, 1.165) is 12.8 Å². The fourth-order valence-corrected chi connectivity index (χ4v) is 2.68. The number of aliphatic hydroxyl groups excluding tert-OH is 1. The molecule has 0 bridgehead atoms. The minimum Gasteiger partial charge on any atom is -0.394 e. The summed E-state index contributed by atoms with van der Waals surface area (Å²) in [6.45, 7) is 2.28. The zero-order chi connectivity index (χ0) is 14.7. The molecule has 6 heteroatoms. The molecule has 0 radical (unpaired) electrons. The molecular weight excluding hydrogens is 260 g/mol. The van der Waals surface area contributed by atoms with Gasteiger partial charge in [0.05, 0.1) is 24.0 Å². The molecule has 1 aromatic rings. The Kier molecular flexibility index (Phi) is 4.34. The lowest BCUT2D eigenvalue weighted by atomic mass is 10.0. The van der Waals surface area contributed by atoms with Crippen LogP contribution in [0.1, 0.15) is 24.0 Å². The van der Waals surface area contributed by atoms with E-state index in [-0.39, 0.29) is 30.7 Å². The number of benzene rings is 1. The maximum absolute atomic E-state index is 12.3. The molecule has 1 fully saturated rings. The lowest BCUT2D eigenvalue weighted by molar-refractivity contribution is -0.385. The summed E-state index contributed by atoms with van der Waals surface area (Å²) in [5.41, 5.74) is 1.24. The number of carbonyl (C=O) groups excluding carboxylic acids is 1. The van der Waals surface area contributed by atoms with Crippen LogP contribution in [0.2, 0.25) is 0 Å². The number of amides is 1. The van der Waals surface area contributed by atoms with Gasteiger partial charge < -0.3 is 10.0 Å². The SMILES string of the molecule is Cc1c(CC(=O)N2CCCC2CO)cccc1[N+](=O)[O-]. The molecule has 108 valence electrons. The van der Waals surface area contributed by atoms with Gasteiger partial charge in [0.15, 0.2) is 0 Å². The summed E-state index contributed by atoms with van der Waals surface area (Å²) in [4.78, 5) is 24.4. The standard InChI is InChI=1S/C14H18N2O4/c1-10-11(4-2-6-13(10)16(19)20)8-14(18)15-7-3-5-12(15)9-17/h2,4,6,12,17H,3,5,7-9H2,1H3. The van der Waals surface area contributed by atoms with Crippen LogP contribution < -0.4 is 0 Å². The van der Waals surface area contributed by atoms with E-state index in [1.54, 1.807) is 24.0 Å². The van der Waals surface area contributed by atoms with Crippen LogP contribution in [-0.2, 0) is 11.2 Å². The van der Waals surface area contributed by atoms with Gasteiger partial charge in [0.25, 0.3) is 5.69 Å². The molecule has 0 aromatic heterocycles. The predicted molar refractivity (Wildman–Crippen MR) is 73.4 cm³/mol. The second-order valence-corrected chi connectivity index (χ2v) is 5.06. The number of nitro benzene ring substituents is 1. The van der Waals surface area contributed by atoms with E-state index in [2.05, 4.69) is 0 Å². The van der Waals surface area contributed by atoms with Crippen LogP contribution in [0.3, 0.4) is 0 Å². The highest BCUT2D eigenvalue weighted by molar-refractivity contribution is 5.80. The second kappa shape index (κ2) is 6.00. The normalized spacial score (nSPS) is 18.3. The Balaban J connectivity index is 2.16. The van der Waals surface area contributed by atoms with Crippen LogP contribution >= 0.6 is 0 Å². The van der Waals surface area contributed by atoms with Crippen molar-refractivity contribution in [1.29, 1.82) is 0 Å². The van der Waals surface area contributed by atoms with Crippen LogP contribution in [0, 0.1) is 17.0 Å². The van der Waals surface area contributed by atoms with Crippen LogP contribution in [0.5, 0.6) is 0 Å². The Morgan fingerprint density at radius 2 is 2.30 bits per heavy atom. The number of hydrogen-bond donors (Lipinski definition) is 1. The number of aliphatic hydroxyl groups is 1. The van der Waals surface area contributed by atoms with E-state index in [1.807, 2.05) is 0 Å². The van der Waals surface area contributed by atoms with Gasteiger partial charge in [-0.25, -0.2) is 0 Å². The number of rotatable bonds is 4. The first kappa shape index (κ1) is 14.5. The highest BCUT2D eigenvalue weighted by Gasteiger charge is 2.28. The minimum absolute atomic E-state index is 0.0281. The van der Waals surface area contributed by atoms with Crippen molar-refractivity contribution in [2.75, 3.05) is 13.2 Å². The molecule has 1 aliphatic heterocycles. The van der Waals surface area contributed by atoms with Gasteiger partial charge in [-0.05, 0) is 25.3 Å². The van der Waals surface area contributed by atoms with Crippen molar-refractivity contribution in [3.63, 3.8) is 0 Å². The Hall–Kier alpha value is -1.95. The topological polar surface area (TPSA) is 83.7 Å². The molecule has 1 heterocycles. The lowest BCUT2D eigenvalue weighted by Gasteiger charge is -2.23. The first-order valence-electron chi connectivity index (χ1n) is 6.67. The summed E-state index contributed by atoms with van der Waals surface area (Å²) in [5.74, 6) is -0.0786. The number of carbonyl (C=O) groups is 1. The third-order valence-electron chi connectivity index (χ3n) is 3.86. The molecule has 1 aromatic carbocycles. The molecule has 20 heavy (non-hydrogen) atoms. The molecule has 0 spiro atoms. The van der Waals surface area contributed by atoms with Crippen LogP contribution in [0.15, 0.2) is 18.2 Å². The Labute approximate surface area is 117 Å². The molecule has 2 rings (SSSR count). The van der Waals surface area contributed by atoms with Gasteiger partial charge in [-0.15, -0.1) is 0 Å². The van der Waals surface area contributed by atoms with Crippen LogP contribution in [0.4, 0.5) is 5.69 Å². The van der Waals surface area contributed by atoms with Crippen molar-refractivity contribution in [3.05, 3.63) is 39.4 Å².